The molecule has 1 unspecified atom stereocenters. The van der Waals surface area contributed by atoms with Gasteiger partial charge in [0.2, 0.25) is 0 Å². The topological polar surface area (TPSA) is 39.1 Å². The first kappa shape index (κ1) is 15.6. The van der Waals surface area contributed by atoms with E-state index in [0.29, 0.717) is 6.61 Å². The third-order valence-corrected chi connectivity index (χ3v) is 3.49. The predicted molar refractivity (Wildman–Crippen MR) is 85.7 cm³/mol. The lowest BCUT2D eigenvalue weighted by Gasteiger charge is -2.19. The van der Waals surface area contributed by atoms with E-state index in [2.05, 4.69) is 42.6 Å². The summed E-state index contributed by atoms with van der Waals surface area (Å²) >= 11 is 0. The van der Waals surface area contributed by atoms with Gasteiger partial charge in [0, 0.05) is 18.8 Å². The van der Waals surface area contributed by atoms with Crippen LogP contribution >= 0.6 is 0 Å². The lowest BCUT2D eigenvalue weighted by Crippen LogP contribution is -2.22. The van der Waals surface area contributed by atoms with Crippen LogP contribution in [0.15, 0.2) is 30.5 Å². The minimum Gasteiger partial charge on any atom is -0.494 e. The van der Waals surface area contributed by atoms with Crippen LogP contribution in [0.1, 0.15) is 43.6 Å². The summed E-state index contributed by atoms with van der Waals surface area (Å²) in [7, 11) is 1.97. The number of benzene rings is 1. The Balaban J connectivity index is 2.40. The number of hydrogen-bond donors (Lipinski definition) is 1. The van der Waals surface area contributed by atoms with E-state index >= 15 is 0 Å². The summed E-state index contributed by atoms with van der Waals surface area (Å²) in [6, 6.07) is 8.46. The third kappa shape index (κ3) is 3.64. The van der Waals surface area contributed by atoms with Crippen molar-refractivity contribution in [3.63, 3.8) is 0 Å². The second-order valence-electron chi connectivity index (χ2n) is 5.05. The largest absolute Gasteiger partial charge is 0.494 e. The standard InChI is InChI=1S/C17H25N3O/c1-5-16-15(12-20(4)19-16)17(18-6-2)13-9-8-10-14(11-13)21-7-3/h8-12,17-18H,5-7H2,1-4H3. The lowest BCUT2D eigenvalue weighted by molar-refractivity contribution is 0.339. The fourth-order valence-corrected chi connectivity index (χ4v) is 2.63. The molecule has 1 aromatic heterocycles. The summed E-state index contributed by atoms with van der Waals surface area (Å²) in [6.45, 7) is 7.86. The van der Waals surface area contributed by atoms with Gasteiger partial charge in [0.05, 0.1) is 18.3 Å². The zero-order valence-electron chi connectivity index (χ0n) is 13.4. The highest BCUT2D eigenvalue weighted by molar-refractivity contribution is 5.37. The van der Waals surface area contributed by atoms with Crippen LogP contribution in [0.5, 0.6) is 5.75 Å². The van der Waals surface area contributed by atoms with Gasteiger partial charge in [0.25, 0.3) is 0 Å². The van der Waals surface area contributed by atoms with Crippen molar-refractivity contribution in [3.05, 3.63) is 47.3 Å². The van der Waals surface area contributed by atoms with Crippen molar-refractivity contribution in [2.45, 2.75) is 33.2 Å². The SMILES string of the molecule is CCNC(c1cccc(OCC)c1)c1cn(C)nc1CC. The quantitative estimate of drug-likeness (QED) is 0.850. The van der Waals surface area contributed by atoms with Gasteiger partial charge < -0.3 is 10.1 Å². The summed E-state index contributed by atoms with van der Waals surface area (Å²) in [5.41, 5.74) is 3.60. The Hall–Kier alpha value is -1.81. The number of nitrogens with one attached hydrogen (secondary N) is 1. The van der Waals surface area contributed by atoms with Crippen molar-refractivity contribution in [1.82, 2.24) is 15.1 Å². The van der Waals surface area contributed by atoms with Crippen molar-refractivity contribution in [3.8, 4) is 5.75 Å². The van der Waals surface area contributed by atoms with Gasteiger partial charge in [-0.1, -0.05) is 26.0 Å². The number of hydrogen-bond acceptors (Lipinski definition) is 3. The summed E-state index contributed by atoms with van der Waals surface area (Å²) < 4.78 is 7.52. The van der Waals surface area contributed by atoms with Crippen LogP contribution in [0.4, 0.5) is 0 Å². The lowest BCUT2D eigenvalue weighted by atomic mass is 9.98. The number of ether oxygens (including phenoxy) is 1. The summed E-state index contributed by atoms with van der Waals surface area (Å²) in [5.74, 6) is 0.917. The molecule has 4 nitrogen and oxygen atoms in total. The van der Waals surface area contributed by atoms with Crippen LogP contribution in [0.25, 0.3) is 0 Å². The Morgan fingerprint density at radius 1 is 1.29 bits per heavy atom. The van der Waals surface area contributed by atoms with E-state index in [1.807, 2.05) is 30.8 Å². The Morgan fingerprint density at radius 2 is 2.10 bits per heavy atom. The Kier molecular flexibility index (Phi) is 5.39. The molecule has 0 aliphatic carbocycles. The van der Waals surface area contributed by atoms with Gasteiger partial charge in [0.15, 0.2) is 0 Å². The first-order chi connectivity index (χ1) is 10.2. The molecule has 0 fully saturated rings. The van der Waals surface area contributed by atoms with Crippen molar-refractivity contribution in [2.24, 2.45) is 7.05 Å². The van der Waals surface area contributed by atoms with Crippen molar-refractivity contribution in [2.75, 3.05) is 13.2 Å². The smallest absolute Gasteiger partial charge is 0.119 e. The Morgan fingerprint density at radius 3 is 2.76 bits per heavy atom. The Labute approximate surface area is 127 Å². The van der Waals surface area contributed by atoms with Crippen LogP contribution in [-0.2, 0) is 13.5 Å². The molecule has 0 aliphatic rings. The first-order valence-electron chi connectivity index (χ1n) is 7.68. The second kappa shape index (κ2) is 7.27. The highest BCUT2D eigenvalue weighted by Gasteiger charge is 2.19. The zero-order valence-corrected chi connectivity index (χ0v) is 13.4. The summed E-state index contributed by atoms with van der Waals surface area (Å²) in [6.07, 6.45) is 3.04. The number of nitrogens with zero attached hydrogens (tertiary/aromatic N) is 2. The molecule has 0 radical (unpaired) electrons. The molecular formula is C17H25N3O. The number of aromatic nitrogens is 2. The van der Waals surface area contributed by atoms with Gasteiger partial charge in [-0.3, -0.25) is 4.68 Å². The molecule has 0 amide bonds. The molecule has 4 heteroatoms. The molecule has 1 N–H and O–H groups in total. The van der Waals surface area contributed by atoms with Gasteiger partial charge in [-0.15, -0.1) is 0 Å². The van der Waals surface area contributed by atoms with E-state index in [1.165, 1.54) is 11.1 Å². The molecule has 0 aliphatic heterocycles. The minimum absolute atomic E-state index is 0.152. The fourth-order valence-electron chi connectivity index (χ4n) is 2.63. The van der Waals surface area contributed by atoms with Crippen LogP contribution in [-0.4, -0.2) is 22.9 Å². The van der Waals surface area contributed by atoms with E-state index in [-0.39, 0.29) is 6.04 Å². The van der Waals surface area contributed by atoms with E-state index in [9.17, 15) is 0 Å². The molecule has 2 rings (SSSR count). The van der Waals surface area contributed by atoms with Gasteiger partial charge in [-0.25, -0.2) is 0 Å². The van der Waals surface area contributed by atoms with E-state index < -0.39 is 0 Å². The van der Waals surface area contributed by atoms with E-state index in [0.717, 1.165) is 24.4 Å². The first-order valence-corrected chi connectivity index (χ1v) is 7.68. The zero-order chi connectivity index (χ0) is 15.2. The maximum Gasteiger partial charge on any atom is 0.119 e. The molecule has 0 bridgehead atoms. The highest BCUT2D eigenvalue weighted by Crippen LogP contribution is 2.27. The van der Waals surface area contributed by atoms with Crippen molar-refractivity contribution < 1.29 is 4.74 Å². The molecule has 1 heterocycles. The van der Waals surface area contributed by atoms with Crippen LogP contribution < -0.4 is 10.1 Å². The maximum absolute atomic E-state index is 5.62. The Bertz CT molecular complexity index is 577. The van der Waals surface area contributed by atoms with Crippen molar-refractivity contribution >= 4 is 0 Å². The van der Waals surface area contributed by atoms with E-state index in [1.54, 1.807) is 0 Å². The summed E-state index contributed by atoms with van der Waals surface area (Å²) in [5, 5.41) is 8.13. The molecule has 0 spiro atoms. The van der Waals surface area contributed by atoms with Crippen molar-refractivity contribution in [1.29, 1.82) is 0 Å². The number of aryl methyl sites for hydroxylation is 2. The molecule has 1 aromatic carbocycles. The molecule has 2 aromatic rings. The van der Waals surface area contributed by atoms with E-state index in [4.69, 9.17) is 4.74 Å². The summed E-state index contributed by atoms with van der Waals surface area (Å²) in [4.78, 5) is 0. The normalized spacial score (nSPS) is 12.4. The average Bonchev–Trinajstić information content (AvgIpc) is 2.86. The monoisotopic (exact) mass is 287 g/mol. The second-order valence-corrected chi connectivity index (χ2v) is 5.05. The molecular weight excluding hydrogens is 262 g/mol. The fraction of sp³-hybridized carbons (Fsp3) is 0.471. The van der Waals surface area contributed by atoms with Gasteiger partial charge in [-0.05, 0) is 37.6 Å². The predicted octanol–water partition coefficient (Wildman–Crippen LogP) is 3.08. The maximum atomic E-state index is 5.62. The molecule has 1 atom stereocenters. The minimum atomic E-state index is 0.152. The van der Waals surface area contributed by atoms with Crippen LogP contribution in [0.2, 0.25) is 0 Å². The van der Waals surface area contributed by atoms with Gasteiger partial charge in [-0.2, -0.15) is 5.10 Å². The molecule has 0 saturated heterocycles. The molecule has 21 heavy (non-hydrogen) atoms. The average molecular weight is 287 g/mol. The highest BCUT2D eigenvalue weighted by atomic mass is 16.5. The van der Waals surface area contributed by atoms with Gasteiger partial charge in [0.1, 0.15) is 5.75 Å². The van der Waals surface area contributed by atoms with Crippen LogP contribution in [0, 0.1) is 0 Å². The van der Waals surface area contributed by atoms with Gasteiger partial charge >= 0.3 is 0 Å². The molecule has 0 saturated carbocycles. The molecule has 114 valence electrons. The number of rotatable bonds is 7. The third-order valence-electron chi connectivity index (χ3n) is 3.49. The van der Waals surface area contributed by atoms with Crippen LogP contribution in [0.3, 0.4) is 0 Å².